The van der Waals surface area contributed by atoms with E-state index in [4.69, 9.17) is 4.98 Å². The molecule has 0 unspecified atom stereocenters. The molecule has 4 rings (SSSR count). The fourth-order valence-corrected chi connectivity index (χ4v) is 4.19. The minimum atomic E-state index is -0.0888. The molecule has 1 amide bonds. The van der Waals surface area contributed by atoms with Gasteiger partial charge in [-0.3, -0.25) is 4.79 Å². The van der Waals surface area contributed by atoms with Crippen LogP contribution in [0.5, 0.6) is 0 Å². The predicted molar refractivity (Wildman–Crippen MR) is 137 cm³/mol. The SMILES string of the molecule is CCc1ccc([C@@H](C)NC(=O)c2cc(-c3ccc(CC(C)C)cc3)nc3ccccc23)cc1. The van der Waals surface area contributed by atoms with Gasteiger partial charge in [0, 0.05) is 10.9 Å². The summed E-state index contributed by atoms with van der Waals surface area (Å²) in [7, 11) is 0. The van der Waals surface area contributed by atoms with E-state index in [1.54, 1.807) is 0 Å². The van der Waals surface area contributed by atoms with E-state index in [9.17, 15) is 4.79 Å². The maximum Gasteiger partial charge on any atom is 0.252 e. The molecule has 0 fully saturated rings. The Morgan fingerprint density at radius 1 is 0.879 bits per heavy atom. The number of amides is 1. The molecule has 1 heterocycles. The molecule has 4 aromatic rings. The molecular weight excluding hydrogens is 404 g/mol. The van der Waals surface area contributed by atoms with Crippen molar-refractivity contribution in [1.82, 2.24) is 10.3 Å². The molecule has 0 saturated heterocycles. The Hall–Kier alpha value is -3.46. The number of fused-ring (bicyclic) bond motifs is 1. The number of rotatable bonds is 7. The second-order valence-corrected chi connectivity index (χ2v) is 9.16. The van der Waals surface area contributed by atoms with Gasteiger partial charge in [0.05, 0.1) is 22.8 Å². The van der Waals surface area contributed by atoms with E-state index in [0.717, 1.165) is 40.6 Å². The average molecular weight is 437 g/mol. The van der Waals surface area contributed by atoms with Crippen molar-refractivity contribution in [2.45, 2.75) is 46.6 Å². The van der Waals surface area contributed by atoms with Gasteiger partial charge in [0.15, 0.2) is 0 Å². The summed E-state index contributed by atoms with van der Waals surface area (Å²) in [4.78, 5) is 18.2. The van der Waals surface area contributed by atoms with Crippen LogP contribution in [0.1, 0.15) is 60.8 Å². The van der Waals surface area contributed by atoms with E-state index >= 15 is 0 Å². The smallest absolute Gasteiger partial charge is 0.252 e. The van der Waals surface area contributed by atoms with E-state index < -0.39 is 0 Å². The Kier molecular flexibility index (Phi) is 6.88. The Balaban J connectivity index is 1.65. The Labute approximate surface area is 196 Å². The van der Waals surface area contributed by atoms with Crippen LogP contribution in [0.2, 0.25) is 0 Å². The number of hydrogen-bond acceptors (Lipinski definition) is 2. The van der Waals surface area contributed by atoms with Gasteiger partial charge in [-0.05, 0) is 54.5 Å². The van der Waals surface area contributed by atoms with E-state index in [-0.39, 0.29) is 11.9 Å². The number of carbonyl (C=O) groups excluding carboxylic acids is 1. The largest absolute Gasteiger partial charge is 0.345 e. The normalized spacial score (nSPS) is 12.2. The molecular formula is C30H32N2O. The second-order valence-electron chi connectivity index (χ2n) is 9.16. The summed E-state index contributed by atoms with van der Waals surface area (Å²) in [5, 5.41) is 4.05. The van der Waals surface area contributed by atoms with Gasteiger partial charge >= 0.3 is 0 Å². The molecule has 1 aromatic heterocycles. The number of aromatic nitrogens is 1. The van der Waals surface area contributed by atoms with Crippen LogP contribution in [-0.4, -0.2) is 10.9 Å². The molecule has 0 aliphatic carbocycles. The van der Waals surface area contributed by atoms with Gasteiger partial charge in [-0.15, -0.1) is 0 Å². The van der Waals surface area contributed by atoms with Crippen molar-refractivity contribution >= 4 is 16.8 Å². The van der Waals surface area contributed by atoms with Gasteiger partial charge in [-0.25, -0.2) is 4.98 Å². The number of aryl methyl sites for hydroxylation is 1. The molecule has 0 aliphatic rings. The van der Waals surface area contributed by atoms with Gasteiger partial charge in [-0.1, -0.05) is 87.5 Å². The highest BCUT2D eigenvalue weighted by Crippen LogP contribution is 2.26. The molecule has 3 nitrogen and oxygen atoms in total. The first-order valence-corrected chi connectivity index (χ1v) is 11.8. The highest BCUT2D eigenvalue weighted by molar-refractivity contribution is 6.07. The summed E-state index contributed by atoms with van der Waals surface area (Å²) in [5.41, 5.74) is 7.02. The summed E-state index contributed by atoms with van der Waals surface area (Å²) in [6.45, 7) is 8.62. The number of nitrogens with one attached hydrogen (secondary N) is 1. The highest BCUT2D eigenvalue weighted by atomic mass is 16.1. The van der Waals surface area contributed by atoms with Gasteiger partial charge in [-0.2, -0.15) is 0 Å². The number of benzene rings is 3. The number of nitrogens with zero attached hydrogens (tertiary/aromatic N) is 1. The van der Waals surface area contributed by atoms with Crippen LogP contribution >= 0.6 is 0 Å². The minimum absolute atomic E-state index is 0.0849. The molecule has 0 bridgehead atoms. The fraction of sp³-hybridized carbons (Fsp3) is 0.267. The molecule has 0 aliphatic heterocycles. The monoisotopic (exact) mass is 436 g/mol. The average Bonchev–Trinajstić information content (AvgIpc) is 2.83. The molecule has 3 heteroatoms. The van der Waals surface area contributed by atoms with Gasteiger partial charge < -0.3 is 5.32 Å². The fourth-order valence-electron chi connectivity index (χ4n) is 4.19. The van der Waals surface area contributed by atoms with E-state index in [1.807, 2.05) is 37.3 Å². The number of para-hydroxylation sites is 1. The van der Waals surface area contributed by atoms with E-state index in [0.29, 0.717) is 11.5 Å². The molecule has 0 radical (unpaired) electrons. The Morgan fingerprint density at radius 3 is 2.21 bits per heavy atom. The summed E-state index contributed by atoms with van der Waals surface area (Å²) < 4.78 is 0. The van der Waals surface area contributed by atoms with Gasteiger partial charge in [0.2, 0.25) is 0 Å². The maximum absolute atomic E-state index is 13.4. The molecule has 1 N–H and O–H groups in total. The number of pyridine rings is 1. The molecule has 0 spiro atoms. The standard InChI is InChI=1S/C30H32N2O/c1-5-22-10-14-24(15-11-22)21(4)31-30(33)27-19-29(32-28-9-7-6-8-26(27)28)25-16-12-23(13-17-25)18-20(2)3/h6-17,19-21H,5,18H2,1-4H3,(H,31,33)/t21-/m1/s1. The maximum atomic E-state index is 13.4. The molecule has 168 valence electrons. The van der Waals surface area contributed by atoms with Crippen molar-refractivity contribution in [2.75, 3.05) is 0 Å². The topological polar surface area (TPSA) is 42.0 Å². The lowest BCUT2D eigenvalue weighted by Crippen LogP contribution is -2.27. The third kappa shape index (κ3) is 5.31. The summed E-state index contributed by atoms with van der Waals surface area (Å²) in [5.74, 6) is 0.531. The summed E-state index contributed by atoms with van der Waals surface area (Å²) in [6.07, 6.45) is 2.06. The van der Waals surface area contributed by atoms with Crippen molar-refractivity contribution in [1.29, 1.82) is 0 Å². The van der Waals surface area contributed by atoms with Crippen molar-refractivity contribution in [3.63, 3.8) is 0 Å². The number of carbonyl (C=O) groups is 1. The van der Waals surface area contributed by atoms with Crippen LogP contribution in [0.15, 0.2) is 78.9 Å². The lowest BCUT2D eigenvalue weighted by atomic mass is 9.99. The highest BCUT2D eigenvalue weighted by Gasteiger charge is 2.17. The van der Waals surface area contributed by atoms with Crippen LogP contribution in [0.3, 0.4) is 0 Å². The summed E-state index contributed by atoms with van der Waals surface area (Å²) >= 11 is 0. The van der Waals surface area contributed by atoms with Crippen LogP contribution in [0, 0.1) is 5.92 Å². The van der Waals surface area contributed by atoms with E-state index in [2.05, 4.69) is 74.6 Å². The van der Waals surface area contributed by atoms with Gasteiger partial charge in [0.25, 0.3) is 5.91 Å². The van der Waals surface area contributed by atoms with Crippen molar-refractivity contribution in [3.8, 4) is 11.3 Å². The van der Waals surface area contributed by atoms with E-state index in [1.165, 1.54) is 11.1 Å². The van der Waals surface area contributed by atoms with Crippen molar-refractivity contribution in [2.24, 2.45) is 5.92 Å². The predicted octanol–water partition coefficient (Wildman–Crippen LogP) is 7.15. The first kappa shape index (κ1) is 22.7. The molecule has 3 aromatic carbocycles. The third-order valence-corrected chi connectivity index (χ3v) is 6.09. The Bertz CT molecular complexity index is 1240. The molecule has 33 heavy (non-hydrogen) atoms. The van der Waals surface area contributed by atoms with Crippen LogP contribution < -0.4 is 5.32 Å². The van der Waals surface area contributed by atoms with Crippen LogP contribution in [-0.2, 0) is 12.8 Å². The van der Waals surface area contributed by atoms with Crippen molar-refractivity contribution < 1.29 is 4.79 Å². The van der Waals surface area contributed by atoms with Crippen LogP contribution in [0.25, 0.3) is 22.2 Å². The van der Waals surface area contributed by atoms with Crippen LogP contribution in [0.4, 0.5) is 0 Å². The zero-order valence-electron chi connectivity index (χ0n) is 19.9. The number of hydrogen-bond donors (Lipinski definition) is 1. The zero-order valence-corrected chi connectivity index (χ0v) is 19.9. The van der Waals surface area contributed by atoms with Gasteiger partial charge in [0.1, 0.15) is 0 Å². The lowest BCUT2D eigenvalue weighted by molar-refractivity contribution is 0.0941. The second kappa shape index (κ2) is 9.99. The quantitative estimate of drug-likeness (QED) is 0.334. The summed E-state index contributed by atoms with van der Waals surface area (Å²) in [6, 6.07) is 26.7. The molecule has 0 saturated carbocycles. The lowest BCUT2D eigenvalue weighted by Gasteiger charge is -2.16. The molecule has 1 atom stereocenters. The first-order valence-electron chi connectivity index (χ1n) is 11.8. The zero-order chi connectivity index (χ0) is 23.4. The first-order chi connectivity index (χ1) is 15.9. The van der Waals surface area contributed by atoms with Crippen molar-refractivity contribution in [3.05, 3.63) is 101 Å². The Morgan fingerprint density at radius 2 is 1.55 bits per heavy atom. The third-order valence-electron chi connectivity index (χ3n) is 6.09. The minimum Gasteiger partial charge on any atom is -0.345 e.